The molecule has 2 atom stereocenters. The predicted octanol–water partition coefficient (Wildman–Crippen LogP) is 2.04. The van der Waals surface area contributed by atoms with Crippen LogP contribution in [-0.4, -0.2) is 34.8 Å². The lowest BCUT2D eigenvalue weighted by atomic mass is 9.94. The molecule has 0 aliphatic carbocycles. The van der Waals surface area contributed by atoms with Crippen LogP contribution in [0.4, 0.5) is 0 Å². The summed E-state index contributed by atoms with van der Waals surface area (Å²) in [5, 5.41) is 4.04. The van der Waals surface area contributed by atoms with Crippen LogP contribution in [0, 0.1) is 11.8 Å². The average molecular weight is 285 g/mol. The zero-order valence-electron chi connectivity index (χ0n) is 11.7. The molecule has 1 aromatic heterocycles. The number of hydrogen-bond acceptors (Lipinski definition) is 6. The first-order chi connectivity index (χ1) is 9.19. The third kappa shape index (κ3) is 4.47. The summed E-state index contributed by atoms with van der Waals surface area (Å²) in [6, 6.07) is 0. The van der Waals surface area contributed by atoms with E-state index in [1.165, 1.54) is 0 Å². The molecule has 1 fully saturated rings. The van der Waals surface area contributed by atoms with Crippen molar-refractivity contribution in [2.45, 2.75) is 32.8 Å². The van der Waals surface area contributed by atoms with E-state index in [-0.39, 0.29) is 6.10 Å². The lowest BCUT2D eigenvalue weighted by molar-refractivity contribution is 0.0677. The van der Waals surface area contributed by atoms with Crippen LogP contribution in [-0.2, 0) is 11.2 Å². The zero-order valence-corrected chi connectivity index (χ0v) is 12.5. The molecule has 1 aliphatic heterocycles. The van der Waals surface area contributed by atoms with Crippen LogP contribution in [0.3, 0.4) is 0 Å². The van der Waals surface area contributed by atoms with Crippen molar-refractivity contribution in [2.24, 2.45) is 17.6 Å². The fraction of sp³-hybridized carbons (Fsp3) is 0.846. The lowest BCUT2D eigenvalue weighted by Crippen LogP contribution is -2.19. The molecule has 0 radical (unpaired) electrons. The van der Waals surface area contributed by atoms with E-state index >= 15 is 0 Å². The number of ether oxygens (including phenoxy) is 1. The van der Waals surface area contributed by atoms with Gasteiger partial charge in [0.05, 0.1) is 6.61 Å². The summed E-state index contributed by atoms with van der Waals surface area (Å²) in [7, 11) is 0. The molecule has 6 heteroatoms. The van der Waals surface area contributed by atoms with Crippen molar-refractivity contribution in [3.8, 4) is 0 Å². The maximum atomic E-state index is 5.80. The van der Waals surface area contributed by atoms with Crippen LogP contribution in [0.25, 0.3) is 0 Å². The van der Waals surface area contributed by atoms with Crippen molar-refractivity contribution < 1.29 is 9.26 Å². The highest BCUT2D eigenvalue weighted by Crippen LogP contribution is 2.25. The smallest absolute Gasteiger partial charge is 0.227 e. The van der Waals surface area contributed by atoms with Gasteiger partial charge in [-0.15, -0.1) is 0 Å². The summed E-state index contributed by atoms with van der Waals surface area (Å²) in [6.45, 7) is 5.83. The predicted molar refractivity (Wildman–Crippen MR) is 76.0 cm³/mol. The van der Waals surface area contributed by atoms with E-state index in [1.54, 1.807) is 0 Å². The quantitative estimate of drug-likeness (QED) is 0.862. The van der Waals surface area contributed by atoms with Crippen molar-refractivity contribution in [1.29, 1.82) is 0 Å². The highest BCUT2D eigenvalue weighted by Gasteiger charge is 2.23. The first kappa shape index (κ1) is 14.8. The van der Waals surface area contributed by atoms with Crippen LogP contribution in [0.1, 0.15) is 38.1 Å². The Bertz CT molecular complexity index is 378. The van der Waals surface area contributed by atoms with Gasteiger partial charge in [0.25, 0.3) is 0 Å². The Morgan fingerprint density at radius 1 is 1.47 bits per heavy atom. The van der Waals surface area contributed by atoms with E-state index < -0.39 is 0 Å². The van der Waals surface area contributed by atoms with Gasteiger partial charge in [-0.3, -0.25) is 0 Å². The summed E-state index contributed by atoms with van der Waals surface area (Å²) < 4.78 is 11.0. The monoisotopic (exact) mass is 285 g/mol. The number of nitrogens with two attached hydrogens (primary N) is 1. The van der Waals surface area contributed by atoms with Crippen LogP contribution in [0.15, 0.2) is 4.52 Å². The standard InChI is InChI=1S/C13H23N3O2S/c1-9(2)5-10(7-14)6-12-15-13(16-18-12)11-8-19-4-3-17-11/h9-11H,3-8,14H2,1-2H3. The Labute approximate surface area is 118 Å². The van der Waals surface area contributed by atoms with Gasteiger partial charge in [-0.25, -0.2) is 0 Å². The molecule has 2 rings (SSSR count). The topological polar surface area (TPSA) is 74.2 Å². The minimum Gasteiger partial charge on any atom is -0.368 e. The second kappa shape index (κ2) is 7.26. The number of aromatic nitrogens is 2. The van der Waals surface area contributed by atoms with E-state index in [9.17, 15) is 0 Å². The maximum Gasteiger partial charge on any atom is 0.227 e. The summed E-state index contributed by atoms with van der Waals surface area (Å²) in [5.41, 5.74) is 5.80. The molecule has 108 valence electrons. The van der Waals surface area contributed by atoms with Gasteiger partial charge in [0.15, 0.2) is 0 Å². The molecule has 0 saturated carbocycles. The van der Waals surface area contributed by atoms with Crippen molar-refractivity contribution in [1.82, 2.24) is 10.1 Å². The third-order valence-electron chi connectivity index (χ3n) is 3.19. The second-order valence-electron chi connectivity index (χ2n) is 5.42. The van der Waals surface area contributed by atoms with Gasteiger partial charge in [-0.1, -0.05) is 19.0 Å². The van der Waals surface area contributed by atoms with Gasteiger partial charge in [-0.2, -0.15) is 16.7 Å². The fourth-order valence-electron chi connectivity index (χ4n) is 2.30. The van der Waals surface area contributed by atoms with Gasteiger partial charge in [0, 0.05) is 17.9 Å². The lowest BCUT2D eigenvalue weighted by Gasteiger charge is -2.18. The molecule has 2 heterocycles. The van der Waals surface area contributed by atoms with E-state index in [4.69, 9.17) is 15.0 Å². The molecule has 1 aliphatic rings. The van der Waals surface area contributed by atoms with E-state index in [1.807, 2.05) is 11.8 Å². The zero-order chi connectivity index (χ0) is 13.7. The first-order valence-corrected chi connectivity index (χ1v) is 8.06. The Balaban J connectivity index is 1.92. The summed E-state index contributed by atoms with van der Waals surface area (Å²) in [6.07, 6.45) is 1.84. The van der Waals surface area contributed by atoms with Gasteiger partial charge in [0.1, 0.15) is 6.10 Å². The average Bonchev–Trinajstić information content (AvgIpc) is 2.87. The maximum absolute atomic E-state index is 5.80. The van der Waals surface area contributed by atoms with Gasteiger partial charge >= 0.3 is 0 Å². The van der Waals surface area contributed by atoms with Crippen molar-refractivity contribution >= 4 is 11.8 Å². The minimum absolute atomic E-state index is 0.0160. The molecular weight excluding hydrogens is 262 g/mol. The number of hydrogen-bond donors (Lipinski definition) is 1. The molecule has 1 saturated heterocycles. The molecular formula is C13H23N3O2S. The normalized spacial score (nSPS) is 21.8. The summed E-state index contributed by atoms with van der Waals surface area (Å²) in [5.74, 6) is 4.37. The summed E-state index contributed by atoms with van der Waals surface area (Å²) in [4.78, 5) is 4.46. The van der Waals surface area contributed by atoms with Crippen LogP contribution < -0.4 is 5.73 Å². The number of thioether (sulfide) groups is 1. The first-order valence-electron chi connectivity index (χ1n) is 6.91. The van der Waals surface area contributed by atoms with E-state index in [2.05, 4.69) is 24.0 Å². The molecule has 0 amide bonds. The molecule has 2 N–H and O–H groups in total. The second-order valence-corrected chi connectivity index (χ2v) is 6.57. The van der Waals surface area contributed by atoms with Crippen LogP contribution in [0.5, 0.6) is 0 Å². The van der Waals surface area contributed by atoms with E-state index in [0.717, 1.165) is 31.0 Å². The highest BCUT2D eigenvalue weighted by atomic mass is 32.2. The highest BCUT2D eigenvalue weighted by molar-refractivity contribution is 7.99. The molecule has 19 heavy (non-hydrogen) atoms. The Morgan fingerprint density at radius 3 is 2.95 bits per heavy atom. The molecule has 0 bridgehead atoms. The van der Waals surface area contributed by atoms with E-state index in [0.29, 0.717) is 30.1 Å². The SMILES string of the molecule is CC(C)CC(CN)Cc1nc(C2CSCCO2)no1. The van der Waals surface area contributed by atoms with Gasteiger partial charge < -0.3 is 15.0 Å². The third-order valence-corrected chi connectivity index (χ3v) is 4.18. The van der Waals surface area contributed by atoms with Crippen molar-refractivity contribution in [3.63, 3.8) is 0 Å². The van der Waals surface area contributed by atoms with Gasteiger partial charge in [-0.05, 0) is 24.8 Å². The Hall–Kier alpha value is -0.590. The van der Waals surface area contributed by atoms with Gasteiger partial charge in [0.2, 0.25) is 11.7 Å². The van der Waals surface area contributed by atoms with Crippen LogP contribution >= 0.6 is 11.8 Å². The summed E-state index contributed by atoms with van der Waals surface area (Å²) >= 11 is 1.87. The molecule has 0 spiro atoms. The molecule has 2 unspecified atom stereocenters. The Kier molecular flexibility index (Phi) is 5.66. The molecule has 1 aromatic rings. The number of rotatable bonds is 6. The van der Waals surface area contributed by atoms with Crippen molar-refractivity contribution in [3.05, 3.63) is 11.7 Å². The minimum atomic E-state index is -0.0160. The fourth-order valence-corrected chi connectivity index (χ4v) is 3.14. The largest absolute Gasteiger partial charge is 0.368 e. The molecule has 5 nitrogen and oxygen atoms in total. The molecule has 0 aromatic carbocycles. The van der Waals surface area contributed by atoms with Crippen LogP contribution in [0.2, 0.25) is 0 Å². The Morgan fingerprint density at radius 2 is 2.32 bits per heavy atom. The van der Waals surface area contributed by atoms with Crippen molar-refractivity contribution in [2.75, 3.05) is 24.7 Å². The number of nitrogens with zero attached hydrogens (tertiary/aromatic N) is 2.